The molecule has 104 valence electrons. The smallest absolute Gasteiger partial charge is 0.416 e. The monoisotopic (exact) mass is 273 g/mol. The number of phenolic OH excluding ortho intramolecular Hbond substituents is 1. The van der Waals surface area contributed by atoms with Crippen LogP contribution in [0.5, 0.6) is 5.75 Å². The molecule has 1 aliphatic heterocycles. The number of aliphatic imine (C=N–C) groups is 1. The summed E-state index contributed by atoms with van der Waals surface area (Å²) in [4.78, 5) is 4.09. The Morgan fingerprint density at radius 1 is 1.37 bits per heavy atom. The first-order valence-electron chi connectivity index (χ1n) is 5.94. The van der Waals surface area contributed by atoms with Crippen LogP contribution in [-0.4, -0.2) is 31.1 Å². The van der Waals surface area contributed by atoms with E-state index < -0.39 is 17.5 Å². The summed E-state index contributed by atoms with van der Waals surface area (Å²) in [5.74, 6) is 0.115. The highest BCUT2D eigenvalue weighted by molar-refractivity contribution is 5.83. The number of alkyl halides is 3. The Balaban J connectivity index is 1.94. The third-order valence-electron chi connectivity index (χ3n) is 2.96. The van der Waals surface area contributed by atoms with Gasteiger partial charge in [-0.15, -0.1) is 0 Å². The zero-order valence-corrected chi connectivity index (χ0v) is 10.2. The van der Waals surface area contributed by atoms with Gasteiger partial charge in [0.25, 0.3) is 0 Å². The van der Waals surface area contributed by atoms with Crippen LogP contribution >= 0.6 is 0 Å². The van der Waals surface area contributed by atoms with E-state index in [-0.39, 0.29) is 5.56 Å². The second kappa shape index (κ2) is 5.61. The van der Waals surface area contributed by atoms with Gasteiger partial charge >= 0.3 is 6.18 Å². The predicted molar refractivity (Wildman–Crippen MR) is 64.5 cm³/mol. The number of aromatic hydroxyl groups is 1. The molecule has 6 heteroatoms. The van der Waals surface area contributed by atoms with Gasteiger partial charge in [-0.2, -0.15) is 13.2 Å². The Morgan fingerprint density at radius 2 is 2.11 bits per heavy atom. The van der Waals surface area contributed by atoms with Gasteiger partial charge in [-0.1, -0.05) is 0 Å². The van der Waals surface area contributed by atoms with Crippen molar-refractivity contribution < 1.29 is 23.0 Å². The summed E-state index contributed by atoms with van der Waals surface area (Å²) in [6.45, 7) is 2.08. The maximum atomic E-state index is 12.4. The van der Waals surface area contributed by atoms with Gasteiger partial charge < -0.3 is 9.84 Å². The van der Waals surface area contributed by atoms with Gasteiger partial charge in [0.1, 0.15) is 5.75 Å². The van der Waals surface area contributed by atoms with Gasteiger partial charge in [-0.25, -0.2) is 0 Å². The van der Waals surface area contributed by atoms with E-state index in [1.165, 1.54) is 12.3 Å². The van der Waals surface area contributed by atoms with Crippen molar-refractivity contribution in [3.05, 3.63) is 29.3 Å². The molecule has 19 heavy (non-hydrogen) atoms. The highest BCUT2D eigenvalue weighted by atomic mass is 19.4. The van der Waals surface area contributed by atoms with E-state index >= 15 is 0 Å². The topological polar surface area (TPSA) is 41.8 Å². The van der Waals surface area contributed by atoms with Crippen LogP contribution < -0.4 is 0 Å². The second-order valence-corrected chi connectivity index (χ2v) is 4.50. The van der Waals surface area contributed by atoms with Crippen molar-refractivity contribution in [1.82, 2.24) is 0 Å². The van der Waals surface area contributed by atoms with Gasteiger partial charge in [0.15, 0.2) is 0 Å². The zero-order valence-electron chi connectivity index (χ0n) is 10.2. The molecule has 1 N–H and O–H groups in total. The molecule has 3 nitrogen and oxygen atoms in total. The van der Waals surface area contributed by atoms with Crippen LogP contribution in [0.1, 0.15) is 17.5 Å². The van der Waals surface area contributed by atoms with E-state index in [0.29, 0.717) is 18.5 Å². The molecule has 0 saturated carbocycles. The molecule has 0 unspecified atom stereocenters. The number of phenols is 1. The summed E-state index contributed by atoms with van der Waals surface area (Å²) < 4.78 is 42.2. The van der Waals surface area contributed by atoms with Crippen LogP contribution in [0.2, 0.25) is 0 Å². The molecule has 1 fully saturated rings. The van der Waals surface area contributed by atoms with Crippen molar-refractivity contribution >= 4 is 6.21 Å². The lowest BCUT2D eigenvalue weighted by molar-refractivity contribution is -0.137. The van der Waals surface area contributed by atoms with Gasteiger partial charge in [0.2, 0.25) is 0 Å². The third kappa shape index (κ3) is 3.70. The summed E-state index contributed by atoms with van der Waals surface area (Å²) in [5.41, 5.74) is -0.577. The lowest BCUT2D eigenvalue weighted by Gasteiger charge is -2.24. The van der Waals surface area contributed by atoms with Crippen LogP contribution in [-0.2, 0) is 10.9 Å². The molecule has 0 aromatic heterocycles. The van der Waals surface area contributed by atoms with Gasteiger partial charge in [0, 0.05) is 24.2 Å². The van der Waals surface area contributed by atoms with Crippen molar-refractivity contribution in [1.29, 1.82) is 0 Å². The summed E-state index contributed by atoms with van der Waals surface area (Å²) in [6.07, 6.45) is -2.16. The summed E-state index contributed by atoms with van der Waals surface area (Å²) in [7, 11) is 0. The first-order valence-corrected chi connectivity index (χ1v) is 5.94. The lowest BCUT2D eigenvalue weighted by atomic mass is 10.0. The van der Waals surface area contributed by atoms with E-state index in [2.05, 4.69) is 4.99 Å². The molecule has 0 bridgehead atoms. The fourth-order valence-corrected chi connectivity index (χ4v) is 1.70. The summed E-state index contributed by atoms with van der Waals surface area (Å²) in [6, 6.07) is 2.86. The van der Waals surface area contributed by atoms with E-state index in [4.69, 9.17) is 4.74 Å². The number of halogens is 3. The molecular formula is C13H14F3NO2. The maximum absolute atomic E-state index is 12.4. The van der Waals surface area contributed by atoms with Crippen LogP contribution in [0.4, 0.5) is 13.2 Å². The zero-order chi connectivity index (χ0) is 13.9. The fraction of sp³-hybridized carbons (Fsp3) is 0.462. The number of ether oxygens (including phenoxy) is 1. The molecule has 2 rings (SSSR count). The van der Waals surface area contributed by atoms with Crippen molar-refractivity contribution in [3.8, 4) is 5.75 Å². The predicted octanol–water partition coefficient (Wildman–Crippen LogP) is 2.87. The molecule has 1 heterocycles. The molecule has 0 amide bonds. The molecular weight excluding hydrogens is 259 g/mol. The van der Waals surface area contributed by atoms with E-state index in [9.17, 15) is 18.3 Å². The Morgan fingerprint density at radius 3 is 2.63 bits per heavy atom. The van der Waals surface area contributed by atoms with Crippen molar-refractivity contribution in [2.45, 2.75) is 12.6 Å². The van der Waals surface area contributed by atoms with Crippen molar-refractivity contribution in [2.75, 3.05) is 19.8 Å². The first-order chi connectivity index (χ1) is 8.97. The minimum atomic E-state index is -4.45. The molecule has 1 aliphatic rings. The molecule has 0 aliphatic carbocycles. The average Bonchev–Trinajstić information content (AvgIpc) is 2.26. The highest BCUT2D eigenvalue weighted by Crippen LogP contribution is 2.32. The van der Waals surface area contributed by atoms with Gasteiger partial charge in [-0.3, -0.25) is 4.99 Å². The average molecular weight is 273 g/mol. The van der Waals surface area contributed by atoms with Crippen LogP contribution in [0.25, 0.3) is 0 Å². The van der Waals surface area contributed by atoms with Gasteiger partial charge in [-0.05, 0) is 24.6 Å². The maximum Gasteiger partial charge on any atom is 0.416 e. The van der Waals surface area contributed by atoms with E-state index in [1.807, 2.05) is 0 Å². The number of nitrogens with zero attached hydrogens (tertiary/aromatic N) is 1. The first kappa shape index (κ1) is 13.9. The SMILES string of the molecule is Oc1cc(C(F)(F)F)ccc1C=NCCC1COC1. The van der Waals surface area contributed by atoms with Gasteiger partial charge in [0.05, 0.1) is 18.8 Å². The minimum absolute atomic E-state index is 0.290. The highest BCUT2D eigenvalue weighted by Gasteiger charge is 2.30. The summed E-state index contributed by atoms with van der Waals surface area (Å²) in [5, 5.41) is 9.51. The number of benzene rings is 1. The minimum Gasteiger partial charge on any atom is -0.507 e. The number of rotatable bonds is 4. The van der Waals surface area contributed by atoms with Crippen molar-refractivity contribution in [2.24, 2.45) is 10.9 Å². The number of hydrogen-bond donors (Lipinski definition) is 1. The largest absolute Gasteiger partial charge is 0.507 e. The lowest BCUT2D eigenvalue weighted by Crippen LogP contribution is -2.27. The Hall–Kier alpha value is -1.56. The molecule has 0 spiro atoms. The Labute approximate surface area is 108 Å². The quantitative estimate of drug-likeness (QED) is 0.857. The third-order valence-corrected chi connectivity index (χ3v) is 2.96. The van der Waals surface area contributed by atoms with E-state index in [0.717, 1.165) is 25.7 Å². The normalized spacial score (nSPS) is 16.8. The van der Waals surface area contributed by atoms with E-state index in [1.54, 1.807) is 0 Å². The van der Waals surface area contributed by atoms with Crippen LogP contribution in [0.3, 0.4) is 0 Å². The van der Waals surface area contributed by atoms with Crippen LogP contribution in [0.15, 0.2) is 23.2 Å². The molecule has 1 saturated heterocycles. The molecule has 0 radical (unpaired) electrons. The van der Waals surface area contributed by atoms with Crippen molar-refractivity contribution in [3.63, 3.8) is 0 Å². The molecule has 1 aromatic carbocycles. The molecule has 1 aromatic rings. The second-order valence-electron chi connectivity index (χ2n) is 4.50. The Kier molecular flexibility index (Phi) is 4.09. The van der Waals surface area contributed by atoms with Crippen LogP contribution in [0, 0.1) is 5.92 Å². The Bertz CT molecular complexity index is 467. The summed E-state index contributed by atoms with van der Waals surface area (Å²) >= 11 is 0. The molecule has 0 atom stereocenters. The fourth-order valence-electron chi connectivity index (χ4n) is 1.70. The number of hydrogen-bond acceptors (Lipinski definition) is 3. The standard InChI is InChI=1S/C13H14F3NO2/c14-13(15,16)11-2-1-10(12(18)5-11)6-17-4-3-9-7-19-8-9/h1-2,5-6,9,18H,3-4,7-8H2.